The molecule has 1 N–H and O–H groups in total. The highest BCUT2D eigenvalue weighted by atomic mass is 35.5. The van der Waals surface area contributed by atoms with Gasteiger partial charge in [-0.2, -0.15) is 4.98 Å². The van der Waals surface area contributed by atoms with Crippen LogP contribution >= 0.6 is 23.2 Å². The molecule has 0 saturated heterocycles. The van der Waals surface area contributed by atoms with E-state index in [0.717, 1.165) is 5.56 Å². The molecule has 0 unspecified atom stereocenters. The molecule has 96 valence electrons. The van der Waals surface area contributed by atoms with Gasteiger partial charge in [0, 0.05) is 21.7 Å². The Morgan fingerprint density at radius 3 is 2.50 bits per heavy atom. The summed E-state index contributed by atoms with van der Waals surface area (Å²) in [4.78, 5) is 4.28. The predicted octanol–water partition coefficient (Wildman–Crippen LogP) is 3.54. The first-order chi connectivity index (χ1) is 8.54. The van der Waals surface area contributed by atoms with Gasteiger partial charge in [-0.1, -0.05) is 42.2 Å². The van der Waals surface area contributed by atoms with Crippen LogP contribution in [0.2, 0.25) is 10.0 Å². The molecule has 18 heavy (non-hydrogen) atoms. The first-order valence-corrected chi connectivity index (χ1v) is 6.32. The number of halogens is 2. The summed E-state index contributed by atoms with van der Waals surface area (Å²) in [7, 11) is 0. The fourth-order valence-corrected chi connectivity index (χ4v) is 1.94. The third-order valence-corrected chi connectivity index (χ3v) is 2.69. The van der Waals surface area contributed by atoms with Crippen molar-refractivity contribution >= 4 is 23.2 Å². The van der Waals surface area contributed by atoms with E-state index >= 15 is 0 Å². The van der Waals surface area contributed by atoms with Crippen molar-refractivity contribution in [3.63, 3.8) is 0 Å². The van der Waals surface area contributed by atoms with Gasteiger partial charge in [-0.3, -0.25) is 0 Å². The quantitative estimate of drug-likeness (QED) is 0.934. The van der Waals surface area contributed by atoms with Crippen LogP contribution < -0.4 is 5.32 Å². The van der Waals surface area contributed by atoms with Crippen molar-refractivity contribution in [1.82, 2.24) is 15.5 Å². The summed E-state index contributed by atoms with van der Waals surface area (Å²) in [6.07, 6.45) is 0. The summed E-state index contributed by atoms with van der Waals surface area (Å²) in [5.74, 6) is 1.02. The van der Waals surface area contributed by atoms with Crippen molar-refractivity contribution in [2.24, 2.45) is 0 Å². The average molecular weight is 286 g/mol. The standard InChI is InChI=1S/C12H13Cl2N3O/c1-7(2)15-6-11-16-12(17-18-11)8-3-9(13)5-10(14)4-8/h3-5,7,15H,6H2,1-2H3. The zero-order valence-electron chi connectivity index (χ0n) is 10.1. The summed E-state index contributed by atoms with van der Waals surface area (Å²) in [5, 5.41) is 8.20. The molecule has 0 spiro atoms. The number of hydrogen-bond donors (Lipinski definition) is 1. The number of hydrogen-bond acceptors (Lipinski definition) is 4. The van der Waals surface area contributed by atoms with Crippen LogP contribution in [0.15, 0.2) is 22.7 Å². The molecule has 0 fully saturated rings. The number of aromatic nitrogens is 2. The molecule has 2 rings (SSSR count). The van der Waals surface area contributed by atoms with Gasteiger partial charge in [-0.05, 0) is 18.2 Å². The molecule has 0 atom stereocenters. The minimum absolute atomic E-state index is 0.362. The molecule has 2 aromatic rings. The second kappa shape index (κ2) is 5.69. The number of nitrogens with zero attached hydrogens (tertiary/aromatic N) is 2. The third kappa shape index (κ3) is 3.45. The average Bonchev–Trinajstić information content (AvgIpc) is 2.73. The molecule has 0 aliphatic rings. The van der Waals surface area contributed by atoms with Crippen LogP contribution in [-0.4, -0.2) is 16.2 Å². The molecule has 0 bridgehead atoms. The van der Waals surface area contributed by atoms with Crippen LogP contribution in [0.1, 0.15) is 19.7 Å². The second-order valence-corrected chi connectivity index (χ2v) is 5.08. The molecule has 0 aliphatic carbocycles. The van der Waals surface area contributed by atoms with Gasteiger partial charge in [-0.15, -0.1) is 0 Å². The van der Waals surface area contributed by atoms with Gasteiger partial charge in [-0.25, -0.2) is 0 Å². The van der Waals surface area contributed by atoms with Crippen molar-refractivity contribution in [1.29, 1.82) is 0 Å². The summed E-state index contributed by atoms with van der Waals surface area (Å²) >= 11 is 11.9. The van der Waals surface area contributed by atoms with Gasteiger partial charge in [0.2, 0.25) is 11.7 Å². The van der Waals surface area contributed by atoms with Crippen LogP contribution in [0, 0.1) is 0 Å². The van der Waals surface area contributed by atoms with E-state index in [0.29, 0.717) is 34.3 Å². The molecule has 0 amide bonds. The molecule has 0 aliphatic heterocycles. The second-order valence-electron chi connectivity index (χ2n) is 4.21. The Labute approximate surface area is 115 Å². The lowest BCUT2D eigenvalue weighted by Gasteiger charge is -2.02. The van der Waals surface area contributed by atoms with Crippen LogP contribution in [0.3, 0.4) is 0 Å². The van der Waals surface area contributed by atoms with E-state index in [2.05, 4.69) is 15.5 Å². The Kier molecular flexibility index (Phi) is 4.22. The van der Waals surface area contributed by atoms with E-state index in [1.807, 2.05) is 13.8 Å². The lowest BCUT2D eigenvalue weighted by atomic mass is 10.2. The van der Waals surface area contributed by atoms with Gasteiger partial charge in [0.25, 0.3) is 0 Å². The summed E-state index contributed by atoms with van der Waals surface area (Å²) < 4.78 is 5.14. The maximum absolute atomic E-state index is 5.93. The van der Waals surface area contributed by atoms with Gasteiger partial charge < -0.3 is 9.84 Å². The van der Waals surface area contributed by atoms with Gasteiger partial charge >= 0.3 is 0 Å². The Morgan fingerprint density at radius 1 is 1.22 bits per heavy atom. The zero-order chi connectivity index (χ0) is 13.1. The van der Waals surface area contributed by atoms with Gasteiger partial charge in [0.05, 0.1) is 6.54 Å². The highest BCUT2D eigenvalue weighted by Gasteiger charge is 2.10. The number of nitrogens with one attached hydrogen (secondary N) is 1. The van der Waals surface area contributed by atoms with Crippen molar-refractivity contribution < 1.29 is 4.52 Å². The topological polar surface area (TPSA) is 51.0 Å². The third-order valence-electron chi connectivity index (χ3n) is 2.25. The minimum atomic E-state index is 0.362. The zero-order valence-corrected chi connectivity index (χ0v) is 11.6. The molecule has 1 aromatic heterocycles. The predicted molar refractivity (Wildman–Crippen MR) is 71.7 cm³/mol. The van der Waals surface area contributed by atoms with Crippen molar-refractivity contribution in [3.05, 3.63) is 34.1 Å². The van der Waals surface area contributed by atoms with E-state index in [1.165, 1.54) is 0 Å². The van der Waals surface area contributed by atoms with Crippen molar-refractivity contribution in [3.8, 4) is 11.4 Å². The molecule has 1 aromatic carbocycles. The van der Waals surface area contributed by atoms with Crippen molar-refractivity contribution in [2.75, 3.05) is 0 Å². The largest absolute Gasteiger partial charge is 0.338 e. The fourth-order valence-electron chi connectivity index (χ4n) is 1.42. The Bertz CT molecular complexity index is 520. The molecule has 6 heteroatoms. The fraction of sp³-hybridized carbons (Fsp3) is 0.333. The lowest BCUT2D eigenvalue weighted by molar-refractivity contribution is 0.362. The van der Waals surface area contributed by atoms with Crippen LogP contribution in [0.25, 0.3) is 11.4 Å². The first kappa shape index (κ1) is 13.3. The van der Waals surface area contributed by atoms with Gasteiger partial charge in [0.15, 0.2) is 0 Å². The monoisotopic (exact) mass is 285 g/mol. The molecule has 0 saturated carbocycles. The van der Waals surface area contributed by atoms with Crippen molar-refractivity contribution in [2.45, 2.75) is 26.4 Å². The highest BCUT2D eigenvalue weighted by Crippen LogP contribution is 2.25. The summed E-state index contributed by atoms with van der Waals surface area (Å²) in [5.41, 5.74) is 0.743. The molecular formula is C12H13Cl2N3O. The Balaban J connectivity index is 2.18. The lowest BCUT2D eigenvalue weighted by Crippen LogP contribution is -2.21. The minimum Gasteiger partial charge on any atom is -0.338 e. The van der Waals surface area contributed by atoms with Crippen LogP contribution in [0.5, 0.6) is 0 Å². The normalized spacial score (nSPS) is 11.2. The molecule has 0 radical (unpaired) electrons. The summed E-state index contributed by atoms with van der Waals surface area (Å²) in [6.45, 7) is 4.64. The molecule has 4 nitrogen and oxygen atoms in total. The van der Waals surface area contributed by atoms with E-state index in [1.54, 1.807) is 18.2 Å². The SMILES string of the molecule is CC(C)NCc1nc(-c2cc(Cl)cc(Cl)c2)no1. The molecular weight excluding hydrogens is 273 g/mol. The van der Waals surface area contributed by atoms with Gasteiger partial charge in [0.1, 0.15) is 0 Å². The molecule has 1 heterocycles. The van der Waals surface area contributed by atoms with Crippen LogP contribution in [0.4, 0.5) is 0 Å². The summed E-state index contributed by atoms with van der Waals surface area (Å²) in [6, 6.07) is 5.52. The van der Waals surface area contributed by atoms with Crippen LogP contribution in [-0.2, 0) is 6.54 Å². The Morgan fingerprint density at radius 2 is 1.89 bits per heavy atom. The highest BCUT2D eigenvalue weighted by molar-refractivity contribution is 6.35. The van der Waals surface area contributed by atoms with E-state index in [-0.39, 0.29) is 0 Å². The smallest absolute Gasteiger partial charge is 0.240 e. The maximum Gasteiger partial charge on any atom is 0.240 e. The van der Waals surface area contributed by atoms with E-state index < -0.39 is 0 Å². The first-order valence-electron chi connectivity index (χ1n) is 5.57. The number of benzene rings is 1. The van der Waals surface area contributed by atoms with E-state index in [9.17, 15) is 0 Å². The Hall–Kier alpha value is -1.10. The maximum atomic E-state index is 5.93. The number of rotatable bonds is 4. The van der Waals surface area contributed by atoms with E-state index in [4.69, 9.17) is 27.7 Å².